The highest BCUT2D eigenvalue weighted by Crippen LogP contribution is 2.49. The van der Waals surface area contributed by atoms with Crippen LogP contribution in [0.1, 0.15) is 0 Å². The van der Waals surface area contributed by atoms with Crippen LogP contribution in [0.3, 0.4) is 0 Å². The van der Waals surface area contributed by atoms with Crippen molar-refractivity contribution in [3.05, 3.63) is 188 Å². The molecule has 0 saturated carbocycles. The summed E-state index contributed by atoms with van der Waals surface area (Å²) in [7, 11) is 0. The normalized spacial score (nSPS) is 11.5. The van der Waals surface area contributed by atoms with Crippen molar-refractivity contribution >= 4 is 80.1 Å². The smallest absolute Gasteiger partial charge is 0.0640 e. The molecule has 51 heavy (non-hydrogen) atoms. The van der Waals surface area contributed by atoms with Crippen LogP contribution in [0.4, 0.5) is 17.1 Å². The first-order valence-electron chi connectivity index (χ1n) is 17.3. The van der Waals surface area contributed by atoms with Crippen molar-refractivity contribution in [1.82, 2.24) is 0 Å². The average Bonchev–Trinajstić information content (AvgIpc) is 3.78. The summed E-state index contributed by atoms with van der Waals surface area (Å²) in [4.78, 5) is 2.46. The fourth-order valence-electron chi connectivity index (χ4n) is 7.42. The Balaban J connectivity index is 1.21. The number of rotatable bonds is 6. The zero-order valence-corrected chi connectivity index (χ0v) is 29.3. The van der Waals surface area contributed by atoms with E-state index < -0.39 is 0 Å². The first-order chi connectivity index (χ1) is 25.3. The predicted molar refractivity (Wildman–Crippen MR) is 223 cm³/mol. The lowest BCUT2D eigenvalue weighted by Gasteiger charge is -2.27. The largest absolute Gasteiger partial charge is 0.309 e. The van der Waals surface area contributed by atoms with Crippen molar-refractivity contribution in [1.29, 1.82) is 0 Å². The van der Waals surface area contributed by atoms with E-state index in [1.165, 1.54) is 79.4 Å². The van der Waals surface area contributed by atoms with E-state index in [1.54, 1.807) is 0 Å². The second kappa shape index (κ2) is 12.4. The fourth-order valence-corrected chi connectivity index (χ4v) is 9.72. The molecule has 0 aliphatic rings. The van der Waals surface area contributed by atoms with Gasteiger partial charge in [-0.2, -0.15) is 0 Å². The Morgan fingerprint density at radius 2 is 0.863 bits per heavy atom. The molecular weight excluding hydrogens is 655 g/mol. The summed E-state index contributed by atoms with van der Waals surface area (Å²) >= 11 is 3.75. The minimum Gasteiger partial charge on any atom is -0.309 e. The number of benzene rings is 8. The maximum Gasteiger partial charge on any atom is 0.0640 e. The zero-order chi connectivity index (χ0) is 33.7. The fraction of sp³-hybridized carbons (Fsp3) is 0. The molecule has 0 radical (unpaired) electrons. The highest BCUT2D eigenvalue weighted by Gasteiger charge is 2.22. The van der Waals surface area contributed by atoms with Crippen molar-refractivity contribution in [3.8, 4) is 33.4 Å². The minimum absolute atomic E-state index is 1.13. The molecule has 0 aliphatic carbocycles. The van der Waals surface area contributed by atoms with Crippen LogP contribution in [0.5, 0.6) is 0 Å². The molecule has 2 heterocycles. The molecule has 2 aromatic heterocycles. The van der Waals surface area contributed by atoms with Gasteiger partial charge < -0.3 is 4.90 Å². The second-order valence-electron chi connectivity index (χ2n) is 12.9. The van der Waals surface area contributed by atoms with E-state index >= 15 is 0 Å². The van der Waals surface area contributed by atoms with Gasteiger partial charge in [0.1, 0.15) is 0 Å². The Morgan fingerprint density at radius 3 is 1.59 bits per heavy atom. The molecule has 10 rings (SSSR count). The molecule has 0 unspecified atom stereocenters. The molecule has 0 bridgehead atoms. The van der Waals surface area contributed by atoms with E-state index in [-0.39, 0.29) is 0 Å². The van der Waals surface area contributed by atoms with Crippen LogP contribution in [0.15, 0.2) is 188 Å². The van der Waals surface area contributed by atoms with E-state index in [2.05, 4.69) is 193 Å². The molecule has 0 spiro atoms. The molecule has 0 atom stereocenters. The van der Waals surface area contributed by atoms with Gasteiger partial charge in [-0.15, -0.1) is 22.7 Å². The SMILES string of the molecule is c1ccc(-c2ccc(N(c3ccc4sc5ccc(-c6ccccc6)cc5c4c3)c3ccc(-c4ccccc4)c4c3sc3ccccc34)cc2)cc1. The molecule has 3 heteroatoms. The number of thiophene rings is 2. The van der Waals surface area contributed by atoms with Crippen LogP contribution < -0.4 is 4.90 Å². The molecular formula is C48H31NS2. The maximum absolute atomic E-state index is 2.46. The molecule has 0 aliphatic heterocycles. The Bertz CT molecular complexity index is 2830. The Kier molecular flexibility index (Phi) is 7.26. The number of hydrogen-bond acceptors (Lipinski definition) is 3. The van der Waals surface area contributed by atoms with Crippen LogP contribution in [0.2, 0.25) is 0 Å². The van der Waals surface area contributed by atoms with Crippen LogP contribution in [-0.4, -0.2) is 0 Å². The van der Waals surface area contributed by atoms with Gasteiger partial charge in [0.25, 0.3) is 0 Å². The van der Waals surface area contributed by atoms with Gasteiger partial charge in [0.15, 0.2) is 0 Å². The first-order valence-corrected chi connectivity index (χ1v) is 18.9. The summed E-state index contributed by atoms with van der Waals surface area (Å²) in [5.74, 6) is 0. The molecule has 0 fully saturated rings. The topological polar surface area (TPSA) is 3.24 Å². The summed E-state index contributed by atoms with van der Waals surface area (Å²) in [6, 6.07) is 68.6. The van der Waals surface area contributed by atoms with Crippen molar-refractivity contribution < 1.29 is 0 Å². The maximum atomic E-state index is 2.46. The monoisotopic (exact) mass is 685 g/mol. The van der Waals surface area contributed by atoms with Gasteiger partial charge in [0.2, 0.25) is 0 Å². The van der Waals surface area contributed by atoms with Gasteiger partial charge in [-0.1, -0.05) is 133 Å². The van der Waals surface area contributed by atoms with Crippen molar-refractivity contribution in [2.45, 2.75) is 0 Å². The lowest BCUT2D eigenvalue weighted by Crippen LogP contribution is -2.10. The van der Waals surface area contributed by atoms with Gasteiger partial charge in [0.05, 0.1) is 10.4 Å². The first kappa shape index (κ1) is 29.9. The third kappa shape index (κ3) is 5.21. The summed E-state index contributed by atoms with van der Waals surface area (Å²) in [6.45, 7) is 0. The van der Waals surface area contributed by atoms with Crippen molar-refractivity contribution in [2.75, 3.05) is 4.90 Å². The quantitative estimate of drug-likeness (QED) is 0.168. The summed E-state index contributed by atoms with van der Waals surface area (Å²) < 4.78 is 5.18. The summed E-state index contributed by atoms with van der Waals surface area (Å²) in [5.41, 5.74) is 10.9. The summed E-state index contributed by atoms with van der Waals surface area (Å²) in [6.07, 6.45) is 0. The van der Waals surface area contributed by atoms with Crippen molar-refractivity contribution in [3.63, 3.8) is 0 Å². The third-order valence-corrected chi connectivity index (χ3v) is 12.2. The van der Waals surface area contributed by atoms with Gasteiger partial charge in [-0.25, -0.2) is 0 Å². The third-order valence-electron chi connectivity index (χ3n) is 9.88. The predicted octanol–water partition coefficient (Wildman–Crippen LogP) is 14.9. The van der Waals surface area contributed by atoms with E-state index in [9.17, 15) is 0 Å². The van der Waals surface area contributed by atoms with Gasteiger partial charge >= 0.3 is 0 Å². The minimum atomic E-state index is 1.13. The lowest BCUT2D eigenvalue weighted by molar-refractivity contribution is 1.31. The standard InChI is InChI=1S/C48H31NS2/c1-4-12-32(13-5-1)34-20-23-37(24-21-34)49(38-25-29-46-42(31-38)41-30-36(22-28-45(41)50-46)33-14-6-2-7-15-33)43-27-26-39(35-16-8-3-9-17-35)47-40-18-10-11-19-44(40)51-48(43)47/h1-31H. The molecule has 0 amide bonds. The second-order valence-corrected chi connectivity index (χ2v) is 15.0. The Labute approximate surface area is 304 Å². The Morgan fingerprint density at radius 1 is 0.333 bits per heavy atom. The van der Waals surface area contributed by atoms with Crippen LogP contribution in [-0.2, 0) is 0 Å². The number of fused-ring (bicyclic) bond motifs is 6. The molecule has 1 nitrogen and oxygen atoms in total. The number of nitrogens with zero attached hydrogens (tertiary/aromatic N) is 1. The number of anilines is 3. The molecule has 240 valence electrons. The molecule has 10 aromatic rings. The van der Waals surface area contributed by atoms with Crippen LogP contribution >= 0.6 is 22.7 Å². The van der Waals surface area contributed by atoms with Gasteiger partial charge in [-0.3, -0.25) is 0 Å². The number of hydrogen-bond donors (Lipinski definition) is 0. The highest BCUT2D eigenvalue weighted by molar-refractivity contribution is 7.26. The molecule has 0 saturated heterocycles. The molecule has 0 N–H and O–H groups in total. The lowest BCUT2D eigenvalue weighted by atomic mass is 9.98. The Hall–Kier alpha value is -6.00. The van der Waals surface area contributed by atoms with E-state index in [1.807, 2.05) is 22.7 Å². The van der Waals surface area contributed by atoms with Crippen molar-refractivity contribution in [2.24, 2.45) is 0 Å². The molecule has 8 aromatic carbocycles. The van der Waals surface area contributed by atoms with Crippen LogP contribution in [0.25, 0.3) is 73.7 Å². The van der Waals surface area contributed by atoms with Gasteiger partial charge in [-0.05, 0) is 88.0 Å². The van der Waals surface area contributed by atoms with Gasteiger partial charge in [0, 0.05) is 47.0 Å². The highest BCUT2D eigenvalue weighted by atomic mass is 32.1. The van der Waals surface area contributed by atoms with E-state index in [0.717, 1.165) is 11.4 Å². The summed E-state index contributed by atoms with van der Waals surface area (Å²) in [5, 5.41) is 5.18. The average molecular weight is 686 g/mol. The van der Waals surface area contributed by atoms with E-state index in [4.69, 9.17) is 0 Å². The zero-order valence-electron chi connectivity index (χ0n) is 27.7. The van der Waals surface area contributed by atoms with E-state index in [0.29, 0.717) is 0 Å². The van der Waals surface area contributed by atoms with Crippen LogP contribution in [0, 0.1) is 0 Å².